The Kier molecular flexibility index (Phi) is 6.58. The van der Waals surface area contributed by atoms with Crippen LogP contribution in [0.1, 0.15) is 17.5 Å². The maximum atomic E-state index is 12.4. The van der Waals surface area contributed by atoms with Crippen LogP contribution >= 0.6 is 0 Å². The molecular formula is C24H26N2O6. The largest absolute Gasteiger partial charge is 0.486 e. The number of rotatable bonds is 7. The molecule has 1 fully saturated rings. The van der Waals surface area contributed by atoms with E-state index in [-0.39, 0.29) is 24.8 Å². The molecule has 8 heteroatoms. The first-order valence-electron chi connectivity index (χ1n) is 10.6. The number of esters is 1. The predicted molar refractivity (Wildman–Crippen MR) is 115 cm³/mol. The Morgan fingerprint density at radius 1 is 1.06 bits per heavy atom. The summed E-state index contributed by atoms with van der Waals surface area (Å²) in [5.41, 5.74) is 1.89. The molecule has 0 N–H and O–H groups in total. The Morgan fingerprint density at radius 2 is 1.81 bits per heavy atom. The summed E-state index contributed by atoms with van der Waals surface area (Å²) in [6.07, 6.45) is 0.104. The summed E-state index contributed by atoms with van der Waals surface area (Å²) in [5.74, 6) is -0.129. The highest BCUT2D eigenvalue weighted by atomic mass is 16.6. The summed E-state index contributed by atoms with van der Waals surface area (Å²) < 4.78 is 16.3. The molecule has 2 aliphatic heterocycles. The van der Waals surface area contributed by atoms with Crippen molar-refractivity contribution in [2.75, 3.05) is 33.4 Å². The number of carbonyl (C=O) groups is 3. The van der Waals surface area contributed by atoms with Gasteiger partial charge < -0.3 is 24.0 Å². The van der Waals surface area contributed by atoms with E-state index in [1.807, 2.05) is 48.5 Å². The number of amides is 2. The zero-order valence-electron chi connectivity index (χ0n) is 18.0. The van der Waals surface area contributed by atoms with Crippen molar-refractivity contribution in [2.24, 2.45) is 5.92 Å². The van der Waals surface area contributed by atoms with E-state index in [9.17, 15) is 14.4 Å². The molecule has 2 amide bonds. The first-order valence-corrected chi connectivity index (χ1v) is 10.6. The van der Waals surface area contributed by atoms with Crippen LogP contribution in [0.2, 0.25) is 0 Å². The van der Waals surface area contributed by atoms with Gasteiger partial charge in [0.25, 0.3) is 5.91 Å². The topological polar surface area (TPSA) is 85.4 Å². The van der Waals surface area contributed by atoms with Gasteiger partial charge in [0.15, 0.2) is 18.1 Å². The van der Waals surface area contributed by atoms with Crippen LogP contribution in [0.4, 0.5) is 0 Å². The lowest BCUT2D eigenvalue weighted by molar-refractivity contribution is -0.155. The van der Waals surface area contributed by atoms with Gasteiger partial charge in [0, 0.05) is 33.1 Å². The minimum atomic E-state index is -0.554. The smallest absolute Gasteiger partial charge is 0.311 e. The number of benzene rings is 2. The van der Waals surface area contributed by atoms with Gasteiger partial charge in [-0.25, -0.2) is 0 Å². The van der Waals surface area contributed by atoms with Gasteiger partial charge in [-0.1, -0.05) is 36.4 Å². The summed E-state index contributed by atoms with van der Waals surface area (Å²) in [7, 11) is 1.65. The van der Waals surface area contributed by atoms with Crippen LogP contribution < -0.4 is 9.47 Å². The first-order chi connectivity index (χ1) is 15.5. The molecule has 4 rings (SSSR count). The molecule has 0 aromatic heterocycles. The van der Waals surface area contributed by atoms with Crippen molar-refractivity contribution in [3.8, 4) is 11.5 Å². The van der Waals surface area contributed by atoms with Crippen molar-refractivity contribution in [3.05, 3.63) is 59.7 Å². The zero-order valence-corrected chi connectivity index (χ0v) is 18.0. The molecule has 0 saturated carbocycles. The standard InChI is InChI=1S/C24H26N2O6/c1-25(13-18-7-8-20-21(11-18)31-10-9-30-20)23(28)16-32-24(29)19-12-22(27)26(15-19)14-17-5-3-2-4-6-17/h2-8,11,19H,9-10,12-16H2,1H3/t19-/m1/s1. The maximum absolute atomic E-state index is 12.4. The molecule has 2 aliphatic rings. The fourth-order valence-electron chi connectivity index (χ4n) is 3.80. The number of carbonyl (C=O) groups excluding carboxylic acids is 3. The van der Waals surface area contributed by atoms with E-state index in [1.54, 1.807) is 11.9 Å². The Labute approximate surface area is 186 Å². The summed E-state index contributed by atoms with van der Waals surface area (Å²) in [4.78, 5) is 40.3. The van der Waals surface area contributed by atoms with Crippen molar-refractivity contribution < 1.29 is 28.6 Å². The molecule has 8 nitrogen and oxygen atoms in total. The average Bonchev–Trinajstić information content (AvgIpc) is 3.18. The number of hydrogen-bond donors (Lipinski definition) is 0. The van der Waals surface area contributed by atoms with Gasteiger partial charge in [0.1, 0.15) is 13.2 Å². The van der Waals surface area contributed by atoms with Gasteiger partial charge >= 0.3 is 5.97 Å². The number of likely N-dealkylation sites (N-methyl/N-ethyl adjacent to an activating group) is 1. The molecule has 2 aromatic rings. The number of ether oxygens (including phenoxy) is 3. The van der Waals surface area contributed by atoms with Gasteiger partial charge in [0.05, 0.1) is 5.92 Å². The van der Waals surface area contributed by atoms with Crippen LogP contribution in [0.15, 0.2) is 48.5 Å². The minimum absolute atomic E-state index is 0.0853. The molecule has 32 heavy (non-hydrogen) atoms. The van der Waals surface area contributed by atoms with Crippen LogP contribution in [0.3, 0.4) is 0 Å². The second-order valence-electron chi connectivity index (χ2n) is 8.00. The highest BCUT2D eigenvalue weighted by Gasteiger charge is 2.35. The van der Waals surface area contributed by atoms with E-state index >= 15 is 0 Å². The van der Waals surface area contributed by atoms with E-state index in [0.29, 0.717) is 44.3 Å². The average molecular weight is 438 g/mol. The van der Waals surface area contributed by atoms with Crippen LogP contribution in [0, 0.1) is 5.92 Å². The number of fused-ring (bicyclic) bond motifs is 1. The van der Waals surface area contributed by atoms with Crippen molar-refractivity contribution in [1.82, 2.24) is 9.80 Å². The summed E-state index contributed by atoms with van der Waals surface area (Å²) in [5, 5.41) is 0. The SMILES string of the molecule is CN(Cc1ccc2c(c1)OCCO2)C(=O)COC(=O)[C@@H]1CC(=O)N(Cc2ccccc2)C1. The van der Waals surface area contributed by atoms with Crippen LogP contribution in [-0.4, -0.2) is 61.0 Å². The second kappa shape index (κ2) is 9.72. The Bertz CT molecular complexity index is 993. The van der Waals surface area contributed by atoms with Gasteiger partial charge in [-0.3, -0.25) is 14.4 Å². The van der Waals surface area contributed by atoms with Crippen LogP contribution in [0.5, 0.6) is 11.5 Å². The predicted octanol–water partition coefficient (Wildman–Crippen LogP) is 2.01. The third-order valence-corrected chi connectivity index (χ3v) is 5.55. The molecule has 1 saturated heterocycles. The van der Waals surface area contributed by atoms with Crippen molar-refractivity contribution in [2.45, 2.75) is 19.5 Å². The molecule has 168 valence electrons. The van der Waals surface area contributed by atoms with E-state index in [2.05, 4.69) is 0 Å². The molecule has 1 atom stereocenters. The fourth-order valence-corrected chi connectivity index (χ4v) is 3.80. The molecule has 2 aromatic carbocycles. The van der Waals surface area contributed by atoms with E-state index < -0.39 is 11.9 Å². The normalized spacial score (nSPS) is 17.2. The lowest BCUT2D eigenvalue weighted by atomic mass is 10.1. The number of likely N-dealkylation sites (tertiary alicyclic amines) is 1. The summed E-state index contributed by atoms with van der Waals surface area (Å²) in [6.45, 7) is 1.76. The lowest BCUT2D eigenvalue weighted by Crippen LogP contribution is -2.32. The van der Waals surface area contributed by atoms with Gasteiger partial charge in [-0.2, -0.15) is 0 Å². The summed E-state index contributed by atoms with van der Waals surface area (Å²) in [6, 6.07) is 15.1. The highest BCUT2D eigenvalue weighted by molar-refractivity contribution is 5.88. The lowest BCUT2D eigenvalue weighted by Gasteiger charge is -2.21. The third-order valence-electron chi connectivity index (χ3n) is 5.55. The molecule has 0 bridgehead atoms. The van der Waals surface area contributed by atoms with E-state index in [4.69, 9.17) is 14.2 Å². The molecular weight excluding hydrogens is 412 g/mol. The number of nitrogens with zero attached hydrogens (tertiary/aromatic N) is 2. The van der Waals surface area contributed by atoms with Crippen LogP contribution in [0.25, 0.3) is 0 Å². The maximum Gasteiger partial charge on any atom is 0.311 e. The van der Waals surface area contributed by atoms with E-state index in [0.717, 1.165) is 11.1 Å². The highest BCUT2D eigenvalue weighted by Crippen LogP contribution is 2.31. The Morgan fingerprint density at radius 3 is 2.59 bits per heavy atom. The van der Waals surface area contributed by atoms with Crippen LogP contribution in [-0.2, 0) is 32.2 Å². The molecule has 2 heterocycles. The second-order valence-corrected chi connectivity index (χ2v) is 8.00. The number of hydrogen-bond acceptors (Lipinski definition) is 6. The van der Waals surface area contributed by atoms with Gasteiger partial charge in [-0.15, -0.1) is 0 Å². The monoisotopic (exact) mass is 438 g/mol. The molecule has 0 unspecified atom stereocenters. The molecule has 0 spiro atoms. The van der Waals surface area contributed by atoms with Gasteiger partial charge in [-0.05, 0) is 23.3 Å². The fraction of sp³-hybridized carbons (Fsp3) is 0.375. The van der Waals surface area contributed by atoms with Gasteiger partial charge in [0.2, 0.25) is 5.91 Å². The Hall–Kier alpha value is -3.55. The van der Waals surface area contributed by atoms with Crippen molar-refractivity contribution in [1.29, 1.82) is 0 Å². The third kappa shape index (κ3) is 5.19. The van der Waals surface area contributed by atoms with Crippen molar-refractivity contribution in [3.63, 3.8) is 0 Å². The first kappa shape index (κ1) is 21.7. The zero-order chi connectivity index (χ0) is 22.5. The van der Waals surface area contributed by atoms with Crippen molar-refractivity contribution >= 4 is 17.8 Å². The van der Waals surface area contributed by atoms with E-state index in [1.165, 1.54) is 4.90 Å². The summed E-state index contributed by atoms with van der Waals surface area (Å²) >= 11 is 0. The molecule has 0 radical (unpaired) electrons. The molecule has 0 aliphatic carbocycles. The minimum Gasteiger partial charge on any atom is -0.486 e. The quantitative estimate of drug-likeness (QED) is 0.615. The Balaban J connectivity index is 1.24.